The third-order valence-corrected chi connectivity index (χ3v) is 1.25. The van der Waals surface area contributed by atoms with Crippen LogP contribution in [0.3, 0.4) is 0 Å². The Balaban J connectivity index is 3.61. The maximum atomic E-state index is 10.9. The molecule has 5 heteroatoms. The van der Waals surface area contributed by atoms with Gasteiger partial charge in [0.1, 0.15) is 0 Å². The van der Waals surface area contributed by atoms with Crippen molar-refractivity contribution >= 4 is 11.8 Å². The highest BCUT2D eigenvalue weighted by Crippen LogP contribution is 1.87. The van der Waals surface area contributed by atoms with Crippen molar-refractivity contribution in [2.24, 2.45) is 5.73 Å². The number of likely N-dealkylation sites (N-methyl/N-ethyl adjacent to an activating group) is 1. The summed E-state index contributed by atoms with van der Waals surface area (Å²) in [7, 11) is 1.68. The van der Waals surface area contributed by atoms with Gasteiger partial charge in [0.2, 0.25) is 11.8 Å². The van der Waals surface area contributed by atoms with E-state index >= 15 is 0 Å². The Morgan fingerprint density at radius 1 is 1.50 bits per heavy atom. The summed E-state index contributed by atoms with van der Waals surface area (Å²) in [6, 6.07) is -0.191. The first-order valence-electron chi connectivity index (χ1n) is 3.78. The van der Waals surface area contributed by atoms with Crippen LogP contribution in [0.25, 0.3) is 0 Å². The first-order valence-corrected chi connectivity index (χ1v) is 3.78. The molecule has 1 atom stereocenters. The lowest BCUT2D eigenvalue weighted by atomic mass is 10.2. The summed E-state index contributed by atoms with van der Waals surface area (Å²) in [6.45, 7) is 1.99. The van der Waals surface area contributed by atoms with Crippen LogP contribution in [0.5, 0.6) is 0 Å². The van der Waals surface area contributed by atoms with Crippen LogP contribution in [0.1, 0.15) is 13.3 Å². The van der Waals surface area contributed by atoms with Gasteiger partial charge in [-0.3, -0.25) is 9.59 Å². The van der Waals surface area contributed by atoms with E-state index < -0.39 is 5.91 Å². The van der Waals surface area contributed by atoms with Crippen molar-refractivity contribution in [1.82, 2.24) is 10.6 Å². The Bertz CT molecular complexity index is 170. The van der Waals surface area contributed by atoms with E-state index in [9.17, 15) is 9.59 Å². The molecule has 0 spiro atoms. The molecule has 0 saturated carbocycles. The summed E-state index contributed by atoms with van der Waals surface area (Å²) in [5, 5.41) is 5.31. The summed E-state index contributed by atoms with van der Waals surface area (Å²) in [5.41, 5.74) is 4.94. The van der Waals surface area contributed by atoms with E-state index in [1.54, 1.807) is 14.0 Å². The van der Waals surface area contributed by atoms with E-state index in [1.165, 1.54) is 0 Å². The first kappa shape index (κ1) is 10.9. The topological polar surface area (TPSA) is 84.2 Å². The Labute approximate surface area is 71.7 Å². The van der Waals surface area contributed by atoms with Gasteiger partial charge < -0.3 is 16.4 Å². The van der Waals surface area contributed by atoms with Crippen molar-refractivity contribution in [1.29, 1.82) is 0 Å². The average molecular weight is 173 g/mol. The normalized spacial score (nSPS) is 12.2. The number of rotatable bonds is 5. The van der Waals surface area contributed by atoms with Crippen molar-refractivity contribution in [2.75, 3.05) is 13.6 Å². The molecule has 0 aliphatic rings. The van der Waals surface area contributed by atoms with Gasteiger partial charge in [0, 0.05) is 12.5 Å². The lowest BCUT2D eigenvalue weighted by Crippen LogP contribution is -2.39. The Morgan fingerprint density at radius 2 is 2.08 bits per heavy atom. The van der Waals surface area contributed by atoms with Crippen LogP contribution in [0.2, 0.25) is 0 Å². The van der Waals surface area contributed by atoms with E-state index in [4.69, 9.17) is 5.73 Å². The first-order chi connectivity index (χ1) is 5.56. The number of carbonyl (C=O) groups is 2. The summed E-state index contributed by atoms with van der Waals surface area (Å²) >= 11 is 0. The zero-order valence-corrected chi connectivity index (χ0v) is 7.39. The summed E-state index contributed by atoms with van der Waals surface area (Å²) in [5.74, 6) is -0.543. The second-order valence-electron chi connectivity index (χ2n) is 2.67. The lowest BCUT2D eigenvalue weighted by Gasteiger charge is -2.11. The van der Waals surface area contributed by atoms with Gasteiger partial charge in [-0.15, -0.1) is 0 Å². The predicted octanol–water partition coefficient (Wildman–Crippen LogP) is -1.41. The summed E-state index contributed by atoms with van der Waals surface area (Å²) in [4.78, 5) is 21.3. The second kappa shape index (κ2) is 5.54. The molecule has 4 N–H and O–H groups in total. The van der Waals surface area contributed by atoms with Crippen LogP contribution >= 0.6 is 0 Å². The summed E-state index contributed by atoms with van der Waals surface area (Å²) < 4.78 is 0. The van der Waals surface area contributed by atoms with Crippen molar-refractivity contribution < 1.29 is 9.59 Å². The number of primary amides is 1. The molecule has 0 fully saturated rings. The van der Waals surface area contributed by atoms with Gasteiger partial charge in [0.25, 0.3) is 0 Å². The number of hydrogen-bond acceptors (Lipinski definition) is 3. The second-order valence-corrected chi connectivity index (χ2v) is 2.67. The van der Waals surface area contributed by atoms with Crippen molar-refractivity contribution in [2.45, 2.75) is 19.4 Å². The fourth-order valence-corrected chi connectivity index (χ4v) is 0.839. The minimum atomic E-state index is -0.410. The summed E-state index contributed by atoms with van der Waals surface area (Å²) in [6.07, 6.45) is 0.176. The Hall–Kier alpha value is -1.10. The van der Waals surface area contributed by atoms with Gasteiger partial charge in [-0.2, -0.15) is 0 Å². The highest BCUT2D eigenvalue weighted by atomic mass is 16.2. The van der Waals surface area contributed by atoms with Crippen LogP contribution in [-0.2, 0) is 9.59 Å². The quantitative estimate of drug-likeness (QED) is 0.477. The molecule has 0 bridgehead atoms. The van der Waals surface area contributed by atoms with E-state index in [1.807, 2.05) is 0 Å². The highest BCUT2D eigenvalue weighted by Gasteiger charge is 2.08. The van der Waals surface area contributed by atoms with E-state index in [0.29, 0.717) is 0 Å². The minimum Gasteiger partial charge on any atom is -0.370 e. The van der Waals surface area contributed by atoms with Gasteiger partial charge in [-0.25, -0.2) is 0 Å². The minimum absolute atomic E-state index is 0.133. The molecule has 0 aromatic rings. The Morgan fingerprint density at radius 3 is 2.50 bits per heavy atom. The van der Waals surface area contributed by atoms with Crippen LogP contribution in [0.15, 0.2) is 0 Å². The molecule has 0 rings (SSSR count). The predicted molar refractivity (Wildman–Crippen MR) is 45.3 cm³/mol. The van der Waals surface area contributed by atoms with Crippen LogP contribution in [0.4, 0.5) is 0 Å². The molecule has 1 unspecified atom stereocenters. The molecule has 0 aromatic heterocycles. The van der Waals surface area contributed by atoms with Gasteiger partial charge in [0.05, 0.1) is 6.54 Å². The van der Waals surface area contributed by atoms with E-state index in [2.05, 4.69) is 10.6 Å². The largest absolute Gasteiger partial charge is 0.370 e. The highest BCUT2D eigenvalue weighted by molar-refractivity contribution is 5.80. The maximum Gasteiger partial charge on any atom is 0.234 e. The molecule has 70 valence electrons. The van der Waals surface area contributed by atoms with Gasteiger partial charge >= 0.3 is 0 Å². The third kappa shape index (κ3) is 5.67. The molecule has 0 aliphatic carbocycles. The van der Waals surface area contributed by atoms with Gasteiger partial charge in [0.15, 0.2) is 0 Å². The van der Waals surface area contributed by atoms with Crippen LogP contribution in [-0.4, -0.2) is 31.4 Å². The smallest absolute Gasteiger partial charge is 0.234 e. The van der Waals surface area contributed by atoms with Crippen molar-refractivity contribution in [3.05, 3.63) is 0 Å². The molecule has 0 aliphatic heterocycles. The van der Waals surface area contributed by atoms with Gasteiger partial charge in [-0.1, -0.05) is 0 Å². The zero-order valence-electron chi connectivity index (χ0n) is 7.39. The molecule has 0 aromatic carbocycles. The number of carbonyl (C=O) groups excluding carboxylic acids is 2. The average Bonchev–Trinajstić information content (AvgIpc) is 1.84. The number of nitrogens with one attached hydrogen (secondary N) is 2. The van der Waals surface area contributed by atoms with Gasteiger partial charge in [-0.05, 0) is 14.0 Å². The SMILES string of the molecule is CNCC(=O)NC(C)CC(N)=O. The molecular weight excluding hydrogens is 158 g/mol. The number of nitrogens with two attached hydrogens (primary N) is 1. The van der Waals surface area contributed by atoms with Crippen LogP contribution < -0.4 is 16.4 Å². The fraction of sp³-hybridized carbons (Fsp3) is 0.714. The fourth-order valence-electron chi connectivity index (χ4n) is 0.839. The standard InChI is InChI=1S/C7H15N3O2/c1-5(3-6(8)11)10-7(12)4-9-2/h5,9H,3-4H2,1-2H3,(H2,8,11)(H,10,12). The molecule has 5 nitrogen and oxygen atoms in total. The Kier molecular flexibility index (Phi) is 5.03. The monoisotopic (exact) mass is 173 g/mol. The molecule has 12 heavy (non-hydrogen) atoms. The third-order valence-electron chi connectivity index (χ3n) is 1.25. The molecule has 0 heterocycles. The molecule has 0 saturated heterocycles. The van der Waals surface area contributed by atoms with E-state index in [-0.39, 0.29) is 24.9 Å². The molecule has 0 radical (unpaired) electrons. The van der Waals surface area contributed by atoms with Crippen LogP contribution in [0, 0.1) is 0 Å². The number of hydrogen-bond donors (Lipinski definition) is 3. The van der Waals surface area contributed by atoms with Crippen molar-refractivity contribution in [3.8, 4) is 0 Å². The lowest BCUT2D eigenvalue weighted by molar-refractivity contribution is -0.121. The molecular formula is C7H15N3O2. The van der Waals surface area contributed by atoms with E-state index in [0.717, 1.165) is 0 Å². The van der Waals surface area contributed by atoms with Crippen molar-refractivity contribution in [3.63, 3.8) is 0 Å². The number of amides is 2. The maximum absolute atomic E-state index is 10.9. The zero-order chi connectivity index (χ0) is 9.56. The molecule has 2 amide bonds.